The van der Waals surface area contributed by atoms with Gasteiger partial charge in [-0.15, -0.1) is 0 Å². The predicted octanol–water partition coefficient (Wildman–Crippen LogP) is -0.0638. The van der Waals surface area contributed by atoms with Gasteiger partial charge in [-0.2, -0.15) is 0 Å². The Bertz CT molecular complexity index is 31.0. The van der Waals surface area contributed by atoms with Gasteiger partial charge in [-0.25, -0.2) is 0 Å². The van der Waals surface area contributed by atoms with Gasteiger partial charge in [0.1, 0.15) is 5.24 Å². The van der Waals surface area contributed by atoms with Crippen molar-refractivity contribution >= 4 is 17.9 Å². The van der Waals surface area contributed by atoms with E-state index in [0.29, 0.717) is 0 Å². The average Bonchev–Trinajstić information content (AvgIpc) is 0.811. The highest BCUT2D eigenvalue weighted by Gasteiger charge is 1.44. The van der Waals surface area contributed by atoms with Crippen LogP contribution in [0.5, 0.6) is 0 Å². The highest BCUT2D eigenvalue weighted by molar-refractivity contribution is 7.76. The molecule has 0 saturated carbocycles. The Labute approximate surface area is 29.4 Å². The average molecular weight is 75.1 g/mol. The molecule has 0 fully saturated rings. The van der Waals surface area contributed by atoms with Gasteiger partial charge in [-0.05, 0) is 0 Å². The van der Waals surface area contributed by atoms with Gasteiger partial charge in [0.15, 0.2) is 0 Å². The van der Waals surface area contributed by atoms with Crippen molar-refractivity contribution in [1.29, 1.82) is 0 Å². The maximum Gasteiger partial charge on any atom is 0.117 e. The molecule has 0 aromatic heterocycles. The van der Waals surface area contributed by atoms with Gasteiger partial charge >= 0.3 is 0 Å². The van der Waals surface area contributed by atoms with Gasteiger partial charge in [0.2, 0.25) is 0 Å². The van der Waals surface area contributed by atoms with Crippen molar-refractivity contribution in [2.75, 3.05) is 0 Å². The van der Waals surface area contributed by atoms with Crippen molar-refractivity contribution in [3.8, 4) is 0 Å². The molecule has 0 aromatic rings. The lowest BCUT2D eigenvalue weighted by molar-refractivity contribution is 0.266. The monoisotopic (exact) mass is 75.0 g/mol. The van der Waals surface area contributed by atoms with Crippen LogP contribution in [-0.4, -0.2) is 5.24 Å². The minimum Gasteiger partial charge on any atom is -0.717 e. The third-order valence-corrected chi connectivity index (χ3v) is 0. The molecule has 0 spiro atoms. The van der Waals surface area contributed by atoms with Gasteiger partial charge in [0.05, 0.1) is 0 Å². The van der Waals surface area contributed by atoms with Crippen LogP contribution in [0, 0.1) is 0 Å². The topological polar surface area (TPSA) is 40.9 Å². The molecule has 0 heterocycles. The number of hydrogen-bond donors (Lipinski definition) is 0. The maximum absolute atomic E-state index is 8.93. The van der Waals surface area contributed by atoms with Gasteiger partial charge in [0.25, 0.3) is 0 Å². The van der Waals surface area contributed by atoms with Crippen LogP contribution in [0.25, 0.3) is 0 Å². The number of nitrogens with one attached hydrogen (secondary N) is 1. The van der Waals surface area contributed by atoms with E-state index in [1.807, 2.05) is 0 Å². The smallest absolute Gasteiger partial charge is 0.117 e. The highest BCUT2D eigenvalue weighted by Crippen LogP contribution is 1.45. The second-order valence-electron chi connectivity index (χ2n) is 0.287. The van der Waals surface area contributed by atoms with Crippen LogP contribution in [0.15, 0.2) is 0 Å². The summed E-state index contributed by atoms with van der Waals surface area (Å²) in [5.41, 5.74) is 5.76. The quantitative estimate of drug-likeness (QED) is 0.378. The Balaban J connectivity index is 2.80. The molecule has 0 unspecified atom stereocenters. The first-order valence-electron chi connectivity index (χ1n) is 0.658. The van der Waals surface area contributed by atoms with Crippen LogP contribution in [0.1, 0.15) is 0 Å². The van der Waals surface area contributed by atoms with Crippen molar-refractivity contribution in [3.05, 3.63) is 0 Å². The molecule has 1 amide bonds. The fraction of sp³-hybridized carbons (Fsp3) is 0. The van der Waals surface area contributed by atoms with Crippen LogP contribution < -0.4 is 5.73 Å². The molecule has 23 valence electrons. The van der Waals surface area contributed by atoms with Gasteiger partial charge < -0.3 is 17.4 Å². The molecule has 2 nitrogen and oxygen atoms in total. The van der Waals surface area contributed by atoms with Crippen LogP contribution in [0.2, 0.25) is 0 Å². The van der Waals surface area contributed by atoms with E-state index < -0.39 is 5.24 Å². The van der Waals surface area contributed by atoms with Crippen LogP contribution in [-0.2, 0) is 12.6 Å². The van der Waals surface area contributed by atoms with Gasteiger partial charge in [-0.1, -0.05) is 0 Å². The molecular weight excluding hydrogens is 74.1 g/mol. The van der Waals surface area contributed by atoms with Crippen LogP contribution >= 0.6 is 0 Å². The molecule has 0 aliphatic heterocycles. The van der Waals surface area contributed by atoms with E-state index in [-0.39, 0.29) is 0 Å². The summed E-state index contributed by atoms with van der Waals surface area (Å²) in [5, 5.41) is -1.000. The SMILES string of the molecule is [NH]C(=O)[S-]. The second kappa shape index (κ2) is 1.06. The van der Waals surface area contributed by atoms with E-state index in [9.17, 15) is 0 Å². The summed E-state index contributed by atoms with van der Waals surface area (Å²) in [5.74, 6) is 0. The summed E-state index contributed by atoms with van der Waals surface area (Å²) < 4.78 is 0. The summed E-state index contributed by atoms with van der Waals surface area (Å²) in [7, 11) is 0. The Morgan fingerprint density at radius 2 is 2.00 bits per heavy atom. The molecule has 0 aliphatic rings. The first kappa shape index (κ1) is 3.69. The predicted molar refractivity (Wildman–Crippen MR) is 15.9 cm³/mol. The third-order valence-electron chi connectivity index (χ3n) is 0. The lowest BCUT2D eigenvalue weighted by Crippen LogP contribution is -1.80. The molecule has 4 heavy (non-hydrogen) atoms. The largest absolute Gasteiger partial charge is 0.717 e. The Morgan fingerprint density at radius 3 is 2.00 bits per heavy atom. The number of rotatable bonds is 0. The highest BCUT2D eigenvalue weighted by atomic mass is 32.1. The first-order chi connectivity index (χ1) is 1.73. The van der Waals surface area contributed by atoms with E-state index in [0.717, 1.165) is 0 Å². The van der Waals surface area contributed by atoms with E-state index in [2.05, 4.69) is 12.6 Å². The molecule has 1 radical (unpaired) electrons. The molecular formula is CHNOS-. The third kappa shape index (κ3) is 8.37. The summed E-state index contributed by atoms with van der Waals surface area (Å²) in [4.78, 5) is 8.93. The number of amides is 1. The summed E-state index contributed by atoms with van der Waals surface area (Å²) in [6, 6.07) is 0. The van der Waals surface area contributed by atoms with Crippen molar-refractivity contribution in [2.45, 2.75) is 0 Å². The van der Waals surface area contributed by atoms with E-state index in [1.54, 1.807) is 0 Å². The fourth-order valence-corrected chi connectivity index (χ4v) is 0. The molecule has 0 bridgehead atoms. The minimum atomic E-state index is -1.000. The van der Waals surface area contributed by atoms with Crippen molar-refractivity contribution < 1.29 is 4.79 Å². The Hall–Kier alpha value is -0.310. The molecule has 0 saturated heterocycles. The molecule has 0 aliphatic carbocycles. The Morgan fingerprint density at radius 1 is 2.00 bits per heavy atom. The Kier molecular flexibility index (Phi) is 0.979. The zero-order valence-electron chi connectivity index (χ0n) is 1.82. The molecule has 0 atom stereocenters. The lowest BCUT2D eigenvalue weighted by atomic mass is 11.5. The van der Waals surface area contributed by atoms with Crippen molar-refractivity contribution in [3.63, 3.8) is 0 Å². The van der Waals surface area contributed by atoms with Gasteiger partial charge in [-0.3, -0.25) is 5.73 Å². The van der Waals surface area contributed by atoms with Gasteiger partial charge in [0, 0.05) is 0 Å². The molecule has 3 heteroatoms. The first-order valence-corrected chi connectivity index (χ1v) is 1.07. The van der Waals surface area contributed by atoms with E-state index in [4.69, 9.17) is 10.5 Å². The number of hydrogen-bond acceptors (Lipinski definition) is 2. The second-order valence-corrected chi connectivity index (χ2v) is 0.658. The fourth-order valence-electron chi connectivity index (χ4n) is 0. The maximum atomic E-state index is 8.93. The summed E-state index contributed by atoms with van der Waals surface area (Å²) >= 11 is 3.65. The van der Waals surface area contributed by atoms with E-state index >= 15 is 0 Å². The standard InChI is InChI=1S/CH2NOS/c2-1(3)4/h2H,(H,3,4)/p-1. The van der Waals surface area contributed by atoms with Crippen LogP contribution in [0.3, 0.4) is 0 Å². The number of carbonyl (C=O) groups excluding carboxylic acids is 1. The normalized spacial score (nSPS) is 6.00. The van der Waals surface area contributed by atoms with Crippen molar-refractivity contribution in [2.24, 2.45) is 0 Å². The minimum absolute atomic E-state index is 1.000. The summed E-state index contributed by atoms with van der Waals surface area (Å²) in [6.07, 6.45) is 0. The molecule has 0 aromatic carbocycles. The molecule has 0 rings (SSSR count). The molecule has 1 N–H and O–H groups in total. The van der Waals surface area contributed by atoms with Crippen molar-refractivity contribution in [1.82, 2.24) is 5.73 Å². The zero-order valence-corrected chi connectivity index (χ0v) is 2.63. The lowest BCUT2D eigenvalue weighted by Gasteiger charge is -1.80. The zero-order chi connectivity index (χ0) is 3.58. The summed E-state index contributed by atoms with van der Waals surface area (Å²) in [6.45, 7) is 0. The number of carbonyl (C=O) groups is 1. The van der Waals surface area contributed by atoms with E-state index in [1.165, 1.54) is 0 Å². The van der Waals surface area contributed by atoms with Crippen LogP contribution in [0.4, 0.5) is 4.79 Å².